The van der Waals surface area contributed by atoms with Gasteiger partial charge in [-0.3, -0.25) is 0 Å². The molecule has 0 aliphatic heterocycles. The summed E-state index contributed by atoms with van der Waals surface area (Å²) in [6, 6.07) is 15.5. The smallest absolute Gasteiger partial charge is 0.322 e. The van der Waals surface area contributed by atoms with Crippen molar-refractivity contribution >= 4 is 11.7 Å². The number of aromatic nitrogens is 2. The lowest BCUT2D eigenvalue weighted by atomic mass is 10.1. The van der Waals surface area contributed by atoms with Crippen molar-refractivity contribution < 1.29 is 9.32 Å². The molecule has 0 saturated heterocycles. The second-order valence-corrected chi connectivity index (χ2v) is 7.41. The minimum absolute atomic E-state index is 0.0556. The van der Waals surface area contributed by atoms with Crippen LogP contribution in [-0.4, -0.2) is 28.1 Å². The fourth-order valence-electron chi connectivity index (χ4n) is 3.13. The van der Waals surface area contributed by atoms with Crippen molar-refractivity contribution in [2.24, 2.45) is 0 Å². The molecule has 1 atom stereocenters. The van der Waals surface area contributed by atoms with E-state index in [9.17, 15) is 4.79 Å². The van der Waals surface area contributed by atoms with Crippen LogP contribution in [0.2, 0.25) is 0 Å². The number of benzene rings is 2. The first-order chi connectivity index (χ1) is 13.5. The maximum absolute atomic E-state index is 12.9. The van der Waals surface area contributed by atoms with Gasteiger partial charge < -0.3 is 14.7 Å². The highest BCUT2D eigenvalue weighted by atomic mass is 16.5. The molecule has 0 spiro atoms. The number of anilines is 1. The molecule has 1 fully saturated rings. The third-order valence-electron chi connectivity index (χ3n) is 5.21. The molecule has 0 bridgehead atoms. The molecule has 3 aromatic rings. The number of carbonyl (C=O) groups excluding carboxylic acids is 1. The molecule has 1 N–H and O–H groups in total. The van der Waals surface area contributed by atoms with Gasteiger partial charge in [-0.15, -0.1) is 0 Å². The van der Waals surface area contributed by atoms with Gasteiger partial charge in [0, 0.05) is 13.0 Å². The van der Waals surface area contributed by atoms with Gasteiger partial charge in [0.05, 0.1) is 17.3 Å². The van der Waals surface area contributed by atoms with Crippen LogP contribution in [0.1, 0.15) is 48.7 Å². The molecule has 1 heterocycles. The van der Waals surface area contributed by atoms with Crippen molar-refractivity contribution in [3.63, 3.8) is 0 Å². The predicted molar refractivity (Wildman–Crippen MR) is 108 cm³/mol. The molecule has 6 heteroatoms. The lowest BCUT2D eigenvalue weighted by Gasteiger charge is -2.26. The van der Waals surface area contributed by atoms with Crippen LogP contribution in [0.5, 0.6) is 0 Å². The normalized spacial score (nSPS) is 14.5. The molecule has 28 heavy (non-hydrogen) atoms. The zero-order chi connectivity index (χ0) is 19.7. The van der Waals surface area contributed by atoms with Crippen LogP contribution < -0.4 is 5.32 Å². The van der Waals surface area contributed by atoms with E-state index in [1.807, 2.05) is 62.4 Å². The molecular formula is C22H24N4O2. The maximum atomic E-state index is 12.9. The van der Waals surface area contributed by atoms with E-state index in [2.05, 4.69) is 15.5 Å². The van der Waals surface area contributed by atoms with Crippen LogP contribution in [0.4, 0.5) is 10.5 Å². The van der Waals surface area contributed by atoms with E-state index < -0.39 is 0 Å². The highest BCUT2D eigenvalue weighted by Gasteiger charge is 2.29. The van der Waals surface area contributed by atoms with Crippen molar-refractivity contribution in [2.45, 2.75) is 38.6 Å². The quantitative estimate of drug-likeness (QED) is 0.669. The third-order valence-corrected chi connectivity index (χ3v) is 5.21. The minimum atomic E-state index is -0.191. The van der Waals surface area contributed by atoms with Gasteiger partial charge in [-0.05, 0) is 44.4 Å². The van der Waals surface area contributed by atoms with Gasteiger partial charge in [-0.2, -0.15) is 4.98 Å². The molecule has 1 saturated carbocycles. The standard InChI is InChI=1S/C22H24N4O2/c1-14-9-12-19(18(13-14)21-24-20(25-28-21)17-10-11-17)23-22(27)26(3)15(2)16-7-5-4-6-8-16/h4-9,12-13,15,17H,10-11H2,1-3H3,(H,23,27). The van der Waals surface area contributed by atoms with E-state index in [0.717, 1.165) is 35.4 Å². The zero-order valence-corrected chi connectivity index (χ0v) is 16.3. The molecule has 2 amide bonds. The van der Waals surface area contributed by atoms with Crippen LogP contribution in [-0.2, 0) is 0 Å². The molecule has 1 aromatic heterocycles. The fourth-order valence-corrected chi connectivity index (χ4v) is 3.13. The monoisotopic (exact) mass is 376 g/mol. The Bertz CT molecular complexity index is 979. The van der Waals surface area contributed by atoms with Crippen molar-refractivity contribution in [1.29, 1.82) is 0 Å². The predicted octanol–water partition coefficient (Wildman–Crippen LogP) is 5.15. The molecule has 6 nitrogen and oxygen atoms in total. The van der Waals surface area contributed by atoms with Gasteiger partial charge in [-0.1, -0.05) is 47.1 Å². The number of hydrogen-bond donors (Lipinski definition) is 1. The number of urea groups is 1. The highest BCUT2D eigenvalue weighted by molar-refractivity contribution is 5.93. The molecular weight excluding hydrogens is 352 g/mol. The topological polar surface area (TPSA) is 71.3 Å². The van der Waals surface area contributed by atoms with Crippen LogP contribution in [0.3, 0.4) is 0 Å². The number of nitrogens with one attached hydrogen (secondary N) is 1. The van der Waals surface area contributed by atoms with E-state index in [1.54, 1.807) is 11.9 Å². The fraction of sp³-hybridized carbons (Fsp3) is 0.318. The van der Waals surface area contributed by atoms with E-state index in [0.29, 0.717) is 17.5 Å². The second-order valence-electron chi connectivity index (χ2n) is 7.41. The summed E-state index contributed by atoms with van der Waals surface area (Å²) in [5.41, 5.74) is 3.54. The minimum Gasteiger partial charge on any atom is -0.334 e. The molecule has 1 unspecified atom stereocenters. The molecule has 144 valence electrons. The number of amides is 2. The van der Waals surface area contributed by atoms with Crippen LogP contribution >= 0.6 is 0 Å². The van der Waals surface area contributed by atoms with Gasteiger partial charge in [0.1, 0.15) is 0 Å². The number of carbonyl (C=O) groups is 1. The molecule has 0 radical (unpaired) electrons. The Labute approximate surface area is 164 Å². The second kappa shape index (κ2) is 7.46. The van der Waals surface area contributed by atoms with Crippen molar-refractivity contribution in [2.75, 3.05) is 12.4 Å². The third kappa shape index (κ3) is 3.76. The van der Waals surface area contributed by atoms with E-state index >= 15 is 0 Å². The van der Waals surface area contributed by atoms with Gasteiger partial charge in [0.25, 0.3) is 5.89 Å². The summed E-state index contributed by atoms with van der Waals surface area (Å²) in [5.74, 6) is 1.61. The highest BCUT2D eigenvalue weighted by Crippen LogP contribution is 2.39. The average molecular weight is 376 g/mol. The van der Waals surface area contributed by atoms with Crippen LogP contribution in [0.15, 0.2) is 53.1 Å². The number of aryl methyl sites for hydroxylation is 1. The van der Waals surface area contributed by atoms with Gasteiger partial charge >= 0.3 is 6.03 Å². The molecule has 1 aliphatic carbocycles. The Morgan fingerprint density at radius 1 is 1.21 bits per heavy atom. The number of hydrogen-bond acceptors (Lipinski definition) is 4. The largest absolute Gasteiger partial charge is 0.334 e. The molecule has 2 aromatic carbocycles. The summed E-state index contributed by atoms with van der Waals surface area (Å²) in [6.07, 6.45) is 2.22. The van der Waals surface area contributed by atoms with Crippen molar-refractivity contribution in [1.82, 2.24) is 15.0 Å². The summed E-state index contributed by atoms with van der Waals surface area (Å²) in [6.45, 7) is 4.00. The Hall–Kier alpha value is -3.15. The van der Waals surface area contributed by atoms with Crippen molar-refractivity contribution in [3.8, 4) is 11.5 Å². The lowest BCUT2D eigenvalue weighted by molar-refractivity contribution is 0.208. The van der Waals surface area contributed by atoms with Crippen LogP contribution in [0.25, 0.3) is 11.5 Å². The summed E-state index contributed by atoms with van der Waals surface area (Å²) < 4.78 is 5.48. The summed E-state index contributed by atoms with van der Waals surface area (Å²) in [5, 5.41) is 7.10. The number of rotatable bonds is 5. The Morgan fingerprint density at radius 2 is 1.96 bits per heavy atom. The first-order valence-corrected chi connectivity index (χ1v) is 9.56. The summed E-state index contributed by atoms with van der Waals surface area (Å²) in [7, 11) is 1.79. The van der Waals surface area contributed by atoms with Gasteiger partial charge in [-0.25, -0.2) is 4.79 Å². The average Bonchev–Trinajstić information content (AvgIpc) is 3.45. The van der Waals surface area contributed by atoms with Gasteiger partial charge in [0.2, 0.25) is 0 Å². The Morgan fingerprint density at radius 3 is 2.68 bits per heavy atom. The van der Waals surface area contributed by atoms with Crippen molar-refractivity contribution in [3.05, 3.63) is 65.5 Å². The SMILES string of the molecule is Cc1ccc(NC(=O)N(C)C(C)c2ccccc2)c(-c2nc(C3CC3)no2)c1. The summed E-state index contributed by atoms with van der Waals surface area (Å²) >= 11 is 0. The summed E-state index contributed by atoms with van der Waals surface area (Å²) in [4.78, 5) is 19.1. The maximum Gasteiger partial charge on any atom is 0.322 e. The molecule has 1 aliphatic rings. The van der Waals surface area contributed by atoms with E-state index in [4.69, 9.17) is 4.52 Å². The lowest BCUT2D eigenvalue weighted by Crippen LogP contribution is -2.33. The number of nitrogens with zero attached hydrogens (tertiary/aromatic N) is 3. The van der Waals surface area contributed by atoms with Crippen LogP contribution in [0, 0.1) is 6.92 Å². The van der Waals surface area contributed by atoms with Gasteiger partial charge in [0.15, 0.2) is 5.82 Å². The molecule has 4 rings (SSSR count). The Balaban J connectivity index is 1.56. The first kappa shape index (κ1) is 18.2. The Kier molecular flexibility index (Phi) is 4.86. The first-order valence-electron chi connectivity index (χ1n) is 9.56. The van der Waals surface area contributed by atoms with E-state index in [-0.39, 0.29) is 12.1 Å². The van der Waals surface area contributed by atoms with E-state index in [1.165, 1.54) is 0 Å². The zero-order valence-electron chi connectivity index (χ0n) is 16.3.